The number of sulfonamides is 1. The second-order valence-corrected chi connectivity index (χ2v) is 8.27. The summed E-state index contributed by atoms with van der Waals surface area (Å²) in [6.07, 6.45) is 0.582. The Bertz CT molecular complexity index is 931. The zero-order chi connectivity index (χ0) is 18.7. The Morgan fingerprint density at radius 2 is 2.08 bits per heavy atom. The average Bonchev–Trinajstić information content (AvgIpc) is 2.97. The van der Waals surface area contributed by atoms with Gasteiger partial charge in [0.15, 0.2) is 0 Å². The molecule has 0 aromatic heterocycles. The Balaban J connectivity index is 1.85. The molecule has 0 radical (unpaired) electrons. The lowest BCUT2D eigenvalue weighted by molar-refractivity contribution is 0.102. The summed E-state index contributed by atoms with van der Waals surface area (Å²) in [4.78, 5) is 12.6. The van der Waals surface area contributed by atoms with Crippen molar-refractivity contribution in [3.63, 3.8) is 0 Å². The van der Waals surface area contributed by atoms with E-state index in [2.05, 4.69) is 5.32 Å². The third-order valence-electron chi connectivity index (χ3n) is 3.99. The minimum Gasteiger partial charge on any atom is -0.492 e. The molecule has 0 atom stereocenters. The van der Waals surface area contributed by atoms with E-state index in [1.807, 2.05) is 6.92 Å². The molecule has 138 valence electrons. The van der Waals surface area contributed by atoms with Crippen LogP contribution >= 0.6 is 11.6 Å². The second-order valence-electron chi connectivity index (χ2n) is 5.82. The van der Waals surface area contributed by atoms with Crippen molar-refractivity contribution in [1.29, 1.82) is 0 Å². The summed E-state index contributed by atoms with van der Waals surface area (Å²) in [5.41, 5.74) is 1.31. The summed E-state index contributed by atoms with van der Waals surface area (Å²) in [5.74, 6) is 0.277. The van der Waals surface area contributed by atoms with Gasteiger partial charge in [0.2, 0.25) is 10.0 Å². The number of carbonyl (C=O) groups excluding carboxylic acids is 1. The van der Waals surface area contributed by atoms with Gasteiger partial charge in [0.25, 0.3) is 5.91 Å². The first-order valence-electron chi connectivity index (χ1n) is 8.25. The third-order valence-corrected chi connectivity index (χ3v) is 6.09. The van der Waals surface area contributed by atoms with Gasteiger partial charge < -0.3 is 10.1 Å². The first-order chi connectivity index (χ1) is 12.4. The van der Waals surface area contributed by atoms with Gasteiger partial charge in [-0.2, -0.15) is 0 Å². The standard InChI is InChI=1S/C18H19ClN2O4S/c1-2-25-17-8-7-14(19)12-16(17)20-18(22)13-5-3-6-15(11-13)21-9-4-10-26(21,23)24/h3,5-8,11-12H,2,4,9-10H2,1H3,(H,20,22). The molecule has 1 N–H and O–H groups in total. The number of hydrogen-bond acceptors (Lipinski definition) is 4. The van der Waals surface area contributed by atoms with Gasteiger partial charge in [0, 0.05) is 17.1 Å². The lowest BCUT2D eigenvalue weighted by atomic mass is 10.1. The summed E-state index contributed by atoms with van der Waals surface area (Å²) in [7, 11) is -3.30. The highest BCUT2D eigenvalue weighted by atomic mass is 35.5. The summed E-state index contributed by atoms with van der Waals surface area (Å²) >= 11 is 6.01. The van der Waals surface area contributed by atoms with E-state index in [1.54, 1.807) is 42.5 Å². The number of rotatable bonds is 5. The van der Waals surface area contributed by atoms with Crippen molar-refractivity contribution in [2.24, 2.45) is 0 Å². The number of amides is 1. The number of nitrogens with one attached hydrogen (secondary N) is 1. The molecule has 0 aliphatic carbocycles. The zero-order valence-corrected chi connectivity index (χ0v) is 15.8. The molecule has 1 amide bonds. The van der Waals surface area contributed by atoms with Crippen molar-refractivity contribution < 1.29 is 17.9 Å². The van der Waals surface area contributed by atoms with Crippen LogP contribution in [0.3, 0.4) is 0 Å². The van der Waals surface area contributed by atoms with Crippen molar-refractivity contribution >= 4 is 38.9 Å². The number of carbonyl (C=O) groups is 1. The van der Waals surface area contributed by atoms with Crippen LogP contribution in [0.25, 0.3) is 0 Å². The molecule has 1 fully saturated rings. The topological polar surface area (TPSA) is 75.7 Å². The van der Waals surface area contributed by atoms with Crippen molar-refractivity contribution in [1.82, 2.24) is 0 Å². The quantitative estimate of drug-likeness (QED) is 0.841. The molecule has 0 bridgehead atoms. The van der Waals surface area contributed by atoms with E-state index in [1.165, 1.54) is 4.31 Å². The number of ether oxygens (including phenoxy) is 1. The highest BCUT2D eigenvalue weighted by Gasteiger charge is 2.28. The summed E-state index contributed by atoms with van der Waals surface area (Å²) < 4.78 is 31.0. The molecule has 6 nitrogen and oxygen atoms in total. The minimum atomic E-state index is -3.30. The SMILES string of the molecule is CCOc1ccc(Cl)cc1NC(=O)c1cccc(N2CCCS2(=O)=O)c1. The fourth-order valence-electron chi connectivity index (χ4n) is 2.81. The first-order valence-corrected chi connectivity index (χ1v) is 10.2. The maximum atomic E-state index is 12.6. The van der Waals surface area contributed by atoms with Gasteiger partial charge in [-0.05, 0) is 49.7 Å². The van der Waals surface area contributed by atoms with Crippen LogP contribution in [0.5, 0.6) is 5.75 Å². The number of benzene rings is 2. The second kappa shape index (κ2) is 7.55. The molecule has 1 saturated heterocycles. The van der Waals surface area contributed by atoms with Crippen LogP contribution in [0.15, 0.2) is 42.5 Å². The number of hydrogen-bond donors (Lipinski definition) is 1. The average molecular weight is 395 g/mol. The largest absolute Gasteiger partial charge is 0.492 e. The molecule has 2 aromatic rings. The smallest absolute Gasteiger partial charge is 0.255 e. The maximum absolute atomic E-state index is 12.6. The van der Waals surface area contributed by atoms with Crippen LogP contribution in [0.1, 0.15) is 23.7 Å². The monoisotopic (exact) mass is 394 g/mol. The normalized spacial score (nSPS) is 15.7. The summed E-state index contributed by atoms with van der Waals surface area (Å²) in [5, 5.41) is 3.25. The molecule has 1 aliphatic heterocycles. The first kappa shape index (κ1) is 18.5. The van der Waals surface area contributed by atoms with Gasteiger partial charge in [-0.25, -0.2) is 8.42 Å². The minimum absolute atomic E-state index is 0.129. The Kier molecular flexibility index (Phi) is 5.38. The van der Waals surface area contributed by atoms with E-state index in [-0.39, 0.29) is 11.7 Å². The summed E-state index contributed by atoms with van der Waals surface area (Å²) in [6.45, 7) is 2.73. The van der Waals surface area contributed by atoms with Crippen LogP contribution in [0, 0.1) is 0 Å². The Labute approximate surface area is 157 Å². The number of halogens is 1. The highest BCUT2D eigenvalue weighted by molar-refractivity contribution is 7.93. The van der Waals surface area contributed by atoms with Gasteiger partial charge in [0.1, 0.15) is 5.75 Å². The van der Waals surface area contributed by atoms with Crippen LogP contribution in [0.2, 0.25) is 5.02 Å². The molecule has 0 spiro atoms. The maximum Gasteiger partial charge on any atom is 0.255 e. The Morgan fingerprint density at radius 3 is 2.77 bits per heavy atom. The fraction of sp³-hybridized carbons (Fsp3) is 0.278. The van der Waals surface area contributed by atoms with Gasteiger partial charge in [0.05, 0.1) is 23.7 Å². The van der Waals surface area contributed by atoms with Crippen LogP contribution in [0.4, 0.5) is 11.4 Å². The van der Waals surface area contributed by atoms with E-state index in [4.69, 9.17) is 16.3 Å². The van der Waals surface area contributed by atoms with Crippen molar-refractivity contribution in [2.75, 3.05) is 28.5 Å². The summed E-state index contributed by atoms with van der Waals surface area (Å²) in [6, 6.07) is 11.5. The Hall–Kier alpha value is -2.25. The Morgan fingerprint density at radius 1 is 1.27 bits per heavy atom. The van der Waals surface area contributed by atoms with Gasteiger partial charge in [-0.15, -0.1) is 0 Å². The van der Waals surface area contributed by atoms with Crippen molar-refractivity contribution in [3.8, 4) is 5.75 Å². The molecule has 1 heterocycles. The lowest BCUT2D eigenvalue weighted by Gasteiger charge is -2.18. The third kappa shape index (κ3) is 3.94. The molecule has 26 heavy (non-hydrogen) atoms. The number of nitrogens with zero attached hydrogens (tertiary/aromatic N) is 1. The molecule has 1 aliphatic rings. The molecule has 3 rings (SSSR count). The van der Waals surface area contributed by atoms with E-state index in [0.717, 1.165) is 0 Å². The molecule has 0 unspecified atom stereocenters. The predicted octanol–water partition coefficient (Wildman–Crippen LogP) is 3.53. The van der Waals surface area contributed by atoms with Gasteiger partial charge in [-0.1, -0.05) is 17.7 Å². The van der Waals surface area contributed by atoms with Crippen LogP contribution in [-0.4, -0.2) is 33.2 Å². The van der Waals surface area contributed by atoms with E-state index >= 15 is 0 Å². The van der Waals surface area contributed by atoms with Crippen LogP contribution in [-0.2, 0) is 10.0 Å². The molecular formula is C18H19ClN2O4S. The van der Waals surface area contributed by atoms with E-state index in [9.17, 15) is 13.2 Å². The molecule has 2 aromatic carbocycles. The van der Waals surface area contributed by atoms with Gasteiger partial charge in [-0.3, -0.25) is 9.10 Å². The van der Waals surface area contributed by atoms with Gasteiger partial charge >= 0.3 is 0 Å². The van der Waals surface area contributed by atoms with Crippen molar-refractivity contribution in [2.45, 2.75) is 13.3 Å². The number of anilines is 2. The zero-order valence-electron chi connectivity index (χ0n) is 14.2. The predicted molar refractivity (Wildman–Crippen MR) is 103 cm³/mol. The lowest BCUT2D eigenvalue weighted by Crippen LogP contribution is -2.25. The van der Waals surface area contributed by atoms with Crippen molar-refractivity contribution in [3.05, 3.63) is 53.1 Å². The molecule has 0 saturated carbocycles. The molecular weight excluding hydrogens is 376 g/mol. The van der Waals surface area contributed by atoms with E-state index < -0.39 is 10.0 Å². The van der Waals surface area contributed by atoms with Crippen LogP contribution < -0.4 is 14.4 Å². The fourth-order valence-corrected chi connectivity index (χ4v) is 4.54. The highest BCUT2D eigenvalue weighted by Crippen LogP contribution is 2.29. The molecule has 8 heteroatoms. The van der Waals surface area contributed by atoms with E-state index in [0.29, 0.717) is 47.3 Å².